The lowest BCUT2D eigenvalue weighted by Crippen LogP contribution is -2.47. The number of nitrogens with zero attached hydrogens (tertiary/aromatic N) is 3. The molecule has 224 valence electrons. The number of thiazole rings is 1. The number of aliphatic carboxylic acids is 1. The van der Waals surface area contributed by atoms with Gasteiger partial charge in [-0.2, -0.15) is 0 Å². The molecule has 3 atom stereocenters. The fourth-order valence-corrected chi connectivity index (χ4v) is 7.31. The molecule has 2 fully saturated rings. The van der Waals surface area contributed by atoms with Gasteiger partial charge in [-0.25, -0.2) is 4.98 Å². The number of aromatic nitrogens is 1. The van der Waals surface area contributed by atoms with Gasteiger partial charge in [0.25, 0.3) is 0 Å². The van der Waals surface area contributed by atoms with E-state index in [2.05, 4.69) is 34.9 Å². The minimum atomic E-state index is -0.805. The van der Waals surface area contributed by atoms with E-state index in [1.165, 1.54) is 11.1 Å². The van der Waals surface area contributed by atoms with Crippen molar-refractivity contribution in [1.29, 1.82) is 0 Å². The minimum Gasteiger partial charge on any atom is -0.496 e. The van der Waals surface area contributed by atoms with E-state index in [0.29, 0.717) is 32.2 Å². The molecule has 3 aliphatic rings. The molecule has 3 aromatic rings. The molecule has 10 heteroatoms. The number of carboxylic acids is 1. The van der Waals surface area contributed by atoms with Crippen molar-refractivity contribution in [2.45, 2.75) is 51.5 Å². The number of anilines is 1. The van der Waals surface area contributed by atoms with E-state index < -0.39 is 11.9 Å². The van der Waals surface area contributed by atoms with E-state index in [0.717, 1.165) is 78.2 Å². The van der Waals surface area contributed by atoms with Crippen molar-refractivity contribution in [2.75, 3.05) is 52.0 Å². The van der Waals surface area contributed by atoms with E-state index in [4.69, 9.17) is 23.9 Å². The maximum Gasteiger partial charge on any atom is 0.309 e. The monoisotopic (exact) mass is 593 g/mol. The van der Waals surface area contributed by atoms with Crippen LogP contribution in [0.15, 0.2) is 35.7 Å². The summed E-state index contributed by atoms with van der Waals surface area (Å²) in [6, 6.07) is 11.0. The molecule has 2 saturated heterocycles. The van der Waals surface area contributed by atoms with Crippen molar-refractivity contribution in [3.8, 4) is 22.8 Å². The highest BCUT2D eigenvalue weighted by Gasteiger charge is 2.35. The Balaban J connectivity index is 1.18. The second kappa shape index (κ2) is 12.6. The van der Waals surface area contributed by atoms with Crippen LogP contribution in [0.25, 0.3) is 11.3 Å². The predicted molar refractivity (Wildman–Crippen MR) is 162 cm³/mol. The number of hydrogen-bond acceptors (Lipinski definition) is 9. The van der Waals surface area contributed by atoms with Gasteiger partial charge in [0.2, 0.25) is 0 Å². The van der Waals surface area contributed by atoms with Crippen LogP contribution in [0, 0.1) is 12.8 Å². The van der Waals surface area contributed by atoms with Gasteiger partial charge in [0, 0.05) is 62.4 Å². The molecule has 42 heavy (non-hydrogen) atoms. The van der Waals surface area contributed by atoms with Gasteiger partial charge in [0.1, 0.15) is 18.1 Å². The maximum atomic E-state index is 11.6. The SMILES string of the molecule is COc1cc(COc2c(C)cccc2-c2csc(N3CC[C@@H](C(=O)O)[C@@H](OC)C3)n2)cc2c1CN([C@@H]1CCOC1)CC2. The third kappa shape index (κ3) is 5.86. The van der Waals surface area contributed by atoms with E-state index >= 15 is 0 Å². The number of piperidine rings is 1. The molecular formula is C32H39N3O6S. The topological polar surface area (TPSA) is 93.6 Å². The van der Waals surface area contributed by atoms with Gasteiger partial charge in [-0.05, 0) is 55.0 Å². The van der Waals surface area contributed by atoms with Crippen LogP contribution in [-0.4, -0.2) is 80.2 Å². The van der Waals surface area contributed by atoms with Crippen molar-refractivity contribution in [2.24, 2.45) is 5.92 Å². The molecule has 0 spiro atoms. The average Bonchev–Trinajstić information content (AvgIpc) is 3.73. The largest absolute Gasteiger partial charge is 0.496 e. The van der Waals surface area contributed by atoms with Crippen LogP contribution < -0.4 is 14.4 Å². The first-order chi connectivity index (χ1) is 20.4. The maximum absolute atomic E-state index is 11.6. The number of aryl methyl sites for hydroxylation is 1. The molecule has 0 amide bonds. The van der Waals surface area contributed by atoms with Crippen LogP contribution in [0.3, 0.4) is 0 Å². The highest BCUT2D eigenvalue weighted by atomic mass is 32.1. The molecule has 1 aromatic heterocycles. The van der Waals surface area contributed by atoms with Gasteiger partial charge in [0.15, 0.2) is 5.13 Å². The van der Waals surface area contributed by atoms with Crippen LogP contribution in [0.5, 0.6) is 11.5 Å². The molecule has 1 N–H and O–H groups in total. The number of fused-ring (bicyclic) bond motifs is 1. The van der Waals surface area contributed by atoms with E-state index in [-0.39, 0.29) is 6.10 Å². The summed E-state index contributed by atoms with van der Waals surface area (Å²) in [5.74, 6) is 0.439. The zero-order chi connectivity index (χ0) is 29.2. The highest BCUT2D eigenvalue weighted by molar-refractivity contribution is 7.14. The van der Waals surface area contributed by atoms with Crippen LogP contribution in [-0.2, 0) is 33.8 Å². The molecule has 3 aliphatic heterocycles. The third-order valence-corrected chi connectivity index (χ3v) is 9.75. The van der Waals surface area contributed by atoms with E-state index in [1.807, 2.05) is 17.5 Å². The van der Waals surface area contributed by atoms with Crippen molar-refractivity contribution >= 4 is 22.4 Å². The number of para-hydroxylation sites is 1. The van der Waals surface area contributed by atoms with Gasteiger partial charge in [-0.1, -0.05) is 18.2 Å². The Kier molecular flexibility index (Phi) is 8.67. The smallest absolute Gasteiger partial charge is 0.309 e. The number of methoxy groups -OCH3 is 2. The van der Waals surface area contributed by atoms with Crippen LogP contribution in [0.2, 0.25) is 0 Å². The molecule has 0 unspecified atom stereocenters. The summed E-state index contributed by atoms with van der Waals surface area (Å²) in [5, 5.41) is 12.4. The van der Waals surface area contributed by atoms with E-state index in [1.54, 1.807) is 25.6 Å². The first kappa shape index (κ1) is 28.9. The quantitative estimate of drug-likeness (QED) is 0.376. The lowest BCUT2D eigenvalue weighted by molar-refractivity contribution is -0.147. The lowest BCUT2D eigenvalue weighted by atomic mass is 9.94. The number of ether oxygens (including phenoxy) is 4. The summed E-state index contributed by atoms with van der Waals surface area (Å²) in [6.45, 7) is 7.21. The summed E-state index contributed by atoms with van der Waals surface area (Å²) in [5.41, 5.74) is 6.53. The molecule has 0 bridgehead atoms. The molecular weight excluding hydrogens is 554 g/mol. The Morgan fingerprint density at radius 3 is 2.86 bits per heavy atom. The Labute approximate surface area is 251 Å². The molecule has 0 aliphatic carbocycles. The van der Waals surface area contributed by atoms with Gasteiger partial charge in [0.05, 0.1) is 31.4 Å². The van der Waals surface area contributed by atoms with E-state index in [9.17, 15) is 9.90 Å². The molecule has 6 rings (SSSR count). The fourth-order valence-electron chi connectivity index (χ4n) is 6.45. The molecule has 2 aromatic carbocycles. The van der Waals surface area contributed by atoms with Gasteiger partial charge >= 0.3 is 5.97 Å². The van der Waals surface area contributed by atoms with Crippen molar-refractivity contribution in [3.05, 3.63) is 58.0 Å². The highest BCUT2D eigenvalue weighted by Crippen LogP contribution is 2.38. The molecule has 0 saturated carbocycles. The standard InChI is InChI=1S/C32H39N3O6S/c1-20-5-4-6-24(27-19-42-32(33-27)35-11-8-25(31(36)37)29(16-35)39-3)30(20)41-17-21-13-22-7-10-34(23-9-12-40-18-23)15-26(22)28(14-21)38-2/h4-6,13-14,19,23,25,29H,7-12,15-18H2,1-3H3,(H,36,37)/t23-,25-,29+/m1/s1. The van der Waals surface area contributed by atoms with Crippen LogP contribution in [0.1, 0.15) is 35.1 Å². The second-order valence-corrected chi connectivity index (χ2v) is 12.2. The summed E-state index contributed by atoms with van der Waals surface area (Å²) >= 11 is 1.56. The zero-order valence-electron chi connectivity index (χ0n) is 24.5. The normalized spacial score (nSPS) is 22.6. The number of carboxylic acid groups (broad SMARTS) is 1. The third-order valence-electron chi connectivity index (χ3n) is 8.85. The Morgan fingerprint density at radius 2 is 2.10 bits per heavy atom. The fraction of sp³-hybridized carbons (Fsp3) is 0.500. The van der Waals surface area contributed by atoms with Crippen LogP contribution in [0.4, 0.5) is 5.13 Å². The summed E-state index contributed by atoms with van der Waals surface area (Å²) in [6.07, 6.45) is 2.24. The minimum absolute atomic E-state index is 0.366. The first-order valence-corrected chi connectivity index (χ1v) is 15.5. The number of hydrogen-bond donors (Lipinski definition) is 1. The Morgan fingerprint density at radius 1 is 1.21 bits per heavy atom. The predicted octanol–water partition coefficient (Wildman–Crippen LogP) is 4.78. The summed E-state index contributed by atoms with van der Waals surface area (Å²) in [7, 11) is 3.32. The number of carbonyl (C=O) groups is 1. The molecule has 0 radical (unpaired) electrons. The van der Waals surface area contributed by atoms with Crippen molar-refractivity contribution < 1.29 is 28.8 Å². The Bertz CT molecular complexity index is 1400. The van der Waals surface area contributed by atoms with Gasteiger partial charge < -0.3 is 29.0 Å². The van der Waals surface area contributed by atoms with Crippen molar-refractivity contribution in [3.63, 3.8) is 0 Å². The average molecular weight is 594 g/mol. The van der Waals surface area contributed by atoms with Crippen molar-refractivity contribution in [1.82, 2.24) is 9.88 Å². The second-order valence-electron chi connectivity index (χ2n) is 11.4. The summed E-state index contributed by atoms with van der Waals surface area (Å²) in [4.78, 5) is 21.2. The van der Waals surface area contributed by atoms with Gasteiger partial charge in [-0.3, -0.25) is 9.69 Å². The molecule has 4 heterocycles. The number of rotatable bonds is 9. The first-order valence-electron chi connectivity index (χ1n) is 14.6. The summed E-state index contributed by atoms with van der Waals surface area (Å²) < 4.78 is 23.5. The van der Waals surface area contributed by atoms with Gasteiger partial charge in [-0.15, -0.1) is 11.3 Å². The van der Waals surface area contributed by atoms with Crippen LogP contribution >= 0.6 is 11.3 Å². The number of benzene rings is 2. The zero-order valence-corrected chi connectivity index (χ0v) is 25.3. The lowest BCUT2D eigenvalue weighted by Gasteiger charge is -2.35. The Hall–Kier alpha value is -3.18. The molecule has 9 nitrogen and oxygen atoms in total.